The van der Waals surface area contributed by atoms with E-state index in [1.807, 2.05) is 36.4 Å². The van der Waals surface area contributed by atoms with E-state index in [0.29, 0.717) is 5.02 Å². The molecule has 0 aliphatic heterocycles. The Morgan fingerprint density at radius 1 is 0.345 bits per heavy atom. The molecule has 0 atom stereocenters. The standard InChI is InChI=1S/C50H31ClN2O2/c51-48-40(52(34-18-3-1-4-19-34)42-30-32-16-7-9-22-36(32)49-46(42)38-24-11-13-28-44(38)54-49)26-15-27-41(48)53(35-20-5-2-6-21-35)43-31-33-17-8-10-23-37(33)50-47(43)39-25-12-14-29-45(39)55-50/h1-31H. The summed E-state index contributed by atoms with van der Waals surface area (Å²) >= 11 is 7.89. The lowest BCUT2D eigenvalue weighted by Gasteiger charge is -2.31. The minimum atomic E-state index is 0.596. The van der Waals surface area contributed by atoms with Gasteiger partial charge in [-0.3, -0.25) is 0 Å². The highest BCUT2D eigenvalue weighted by Crippen LogP contribution is 2.52. The molecule has 0 spiro atoms. The highest BCUT2D eigenvalue weighted by atomic mass is 35.5. The van der Waals surface area contributed by atoms with Gasteiger partial charge in [0.25, 0.3) is 0 Å². The maximum atomic E-state index is 7.89. The third kappa shape index (κ3) is 4.92. The lowest BCUT2D eigenvalue weighted by molar-refractivity contribution is 0.672. The van der Waals surface area contributed by atoms with Crippen molar-refractivity contribution in [1.82, 2.24) is 0 Å². The van der Waals surface area contributed by atoms with Crippen LogP contribution in [0.15, 0.2) is 197 Å². The molecule has 0 radical (unpaired) electrons. The molecule has 0 unspecified atom stereocenters. The zero-order valence-electron chi connectivity index (χ0n) is 29.5. The number of fused-ring (bicyclic) bond motifs is 10. The number of para-hydroxylation sites is 4. The van der Waals surface area contributed by atoms with Gasteiger partial charge in [0, 0.05) is 32.9 Å². The average molecular weight is 727 g/mol. The van der Waals surface area contributed by atoms with Crippen LogP contribution in [0.5, 0.6) is 0 Å². The first-order valence-corrected chi connectivity index (χ1v) is 18.8. The predicted octanol–water partition coefficient (Wildman–Crippen LogP) is 15.4. The summed E-state index contributed by atoms with van der Waals surface area (Å²) in [5.74, 6) is 0. The van der Waals surface area contributed by atoms with Crippen molar-refractivity contribution < 1.29 is 8.83 Å². The number of anilines is 6. The Balaban J connectivity index is 1.23. The molecule has 11 aromatic rings. The first kappa shape index (κ1) is 31.5. The molecule has 4 nitrogen and oxygen atoms in total. The van der Waals surface area contributed by atoms with Crippen LogP contribution in [0, 0.1) is 0 Å². The predicted molar refractivity (Wildman–Crippen MR) is 230 cm³/mol. The van der Waals surface area contributed by atoms with Crippen molar-refractivity contribution in [2.75, 3.05) is 9.80 Å². The van der Waals surface area contributed by atoms with E-state index in [1.165, 1.54) is 0 Å². The first-order valence-electron chi connectivity index (χ1n) is 18.4. The Kier molecular flexibility index (Phi) is 7.19. The summed E-state index contributed by atoms with van der Waals surface area (Å²) in [5.41, 5.74) is 8.94. The number of benzene rings is 9. The van der Waals surface area contributed by atoms with E-state index in [9.17, 15) is 0 Å². The fourth-order valence-electron chi connectivity index (χ4n) is 8.25. The van der Waals surface area contributed by atoms with Crippen LogP contribution in [0.25, 0.3) is 65.4 Å². The van der Waals surface area contributed by atoms with Crippen molar-refractivity contribution in [3.8, 4) is 0 Å². The van der Waals surface area contributed by atoms with Gasteiger partial charge in [-0.1, -0.05) is 139 Å². The second-order valence-corrected chi connectivity index (χ2v) is 14.2. The molecule has 0 N–H and O–H groups in total. The molecule has 0 fully saturated rings. The van der Waals surface area contributed by atoms with E-state index in [2.05, 4.69) is 161 Å². The topological polar surface area (TPSA) is 32.8 Å². The molecule has 9 aromatic carbocycles. The summed E-state index contributed by atoms with van der Waals surface area (Å²) < 4.78 is 13.3. The number of rotatable bonds is 6. The van der Waals surface area contributed by atoms with Gasteiger partial charge in [0.05, 0.1) is 38.5 Å². The highest BCUT2D eigenvalue weighted by Gasteiger charge is 2.27. The molecular weight excluding hydrogens is 696 g/mol. The summed E-state index contributed by atoms with van der Waals surface area (Å²) in [5, 5.41) is 9.02. The molecule has 0 aliphatic carbocycles. The molecule has 0 bridgehead atoms. The monoisotopic (exact) mass is 726 g/mol. The zero-order chi connectivity index (χ0) is 36.5. The molecule has 2 aromatic heterocycles. The first-order chi connectivity index (χ1) is 27.2. The van der Waals surface area contributed by atoms with Crippen LogP contribution in [0.4, 0.5) is 34.1 Å². The summed E-state index contributed by atoms with van der Waals surface area (Å²) in [6, 6.07) is 65.0. The SMILES string of the molecule is Clc1c(N(c2ccccc2)c2cc3ccccc3c3oc4ccccc4c23)cccc1N(c1ccccc1)c1cc2ccccc2c2oc3ccccc3c12. The van der Waals surface area contributed by atoms with E-state index in [4.69, 9.17) is 20.4 Å². The van der Waals surface area contributed by atoms with Crippen LogP contribution in [-0.4, -0.2) is 0 Å². The van der Waals surface area contributed by atoms with Gasteiger partial charge in [-0.2, -0.15) is 0 Å². The summed E-state index contributed by atoms with van der Waals surface area (Å²) in [4.78, 5) is 4.55. The van der Waals surface area contributed by atoms with Gasteiger partial charge in [0.1, 0.15) is 22.3 Å². The minimum absolute atomic E-state index is 0.596. The Bertz CT molecular complexity index is 3030. The number of nitrogens with zero attached hydrogens (tertiary/aromatic N) is 2. The largest absolute Gasteiger partial charge is 0.455 e. The van der Waals surface area contributed by atoms with Crippen LogP contribution >= 0.6 is 11.6 Å². The fourth-order valence-corrected chi connectivity index (χ4v) is 8.55. The summed E-state index contributed by atoms with van der Waals surface area (Å²) in [6.45, 7) is 0. The number of furan rings is 2. The van der Waals surface area contributed by atoms with E-state index in [-0.39, 0.29) is 0 Å². The summed E-state index contributed by atoms with van der Waals surface area (Å²) in [7, 11) is 0. The molecule has 0 aliphatic rings. The average Bonchev–Trinajstić information content (AvgIpc) is 3.83. The highest BCUT2D eigenvalue weighted by molar-refractivity contribution is 6.37. The van der Waals surface area contributed by atoms with Gasteiger partial charge in [-0.05, 0) is 71.4 Å². The molecule has 5 heteroatoms. The second kappa shape index (κ2) is 12.6. The molecule has 0 saturated heterocycles. The smallest absolute Gasteiger partial charge is 0.145 e. The van der Waals surface area contributed by atoms with Crippen molar-refractivity contribution in [1.29, 1.82) is 0 Å². The molecule has 2 heterocycles. The second-order valence-electron chi connectivity index (χ2n) is 13.8. The molecule has 0 saturated carbocycles. The number of halogens is 1. The van der Waals surface area contributed by atoms with Crippen LogP contribution < -0.4 is 9.80 Å². The molecular formula is C50H31ClN2O2. The molecule has 55 heavy (non-hydrogen) atoms. The lowest BCUT2D eigenvalue weighted by Crippen LogP contribution is -2.15. The number of hydrogen-bond donors (Lipinski definition) is 0. The molecule has 11 rings (SSSR count). The van der Waals surface area contributed by atoms with Crippen molar-refractivity contribution in [2.45, 2.75) is 0 Å². The summed E-state index contributed by atoms with van der Waals surface area (Å²) in [6.07, 6.45) is 0. The van der Waals surface area contributed by atoms with E-state index >= 15 is 0 Å². The molecule has 0 amide bonds. The quantitative estimate of drug-likeness (QED) is 0.171. The Labute approximate surface area is 321 Å². The van der Waals surface area contributed by atoms with Crippen molar-refractivity contribution in [2.24, 2.45) is 0 Å². The molecule has 260 valence electrons. The fraction of sp³-hybridized carbons (Fsp3) is 0. The number of hydrogen-bond acceptors (Lipinski definition) is 4. The van der Waals surface area contributed by atoms with Gasteiger partial charge >= 0.3 is 0 Å². The van der Waals surface area contributed by atoms with Crippen LogP contribution in [0.1, 0.15) is 0 Å². The van der Waals surface area contributed by atoms with E-state index < -0.39 is 0 Å². The lowest BCUT2D eigenvalue weighted by atomic mass is 10.0. The van der Waals surface area contributed by atoms with Gasteiger partial charge < -0.3 is 18.6 Å². The Hall–Kier alpha value is -7.01. The van der Waals surface area contributed by atoms with Gasteiger partial charge in [-0.25, -0.2) is 0 Å². The maximum absolute atomic E-state index is 7.89. The van der Waals surface area contributed by atoms with Crippen LogP contribution in [0.2, 0.25) is 5.02 Å². The van der Waals surface area contributed by atoms with Crippen LogP contribution in [-0.2, 0) is 0 Å². The Morgan fingerprint density at radius 3 is 1.18 bits per heavy atom. The third-order valence-corrected chi connectivity index (χ3v) is 11.0. The van der Waals surface area contributed by atoms with Crippen molar-refractivity contribution >= 4 is 111 Å². The zero-order valence-corrected chi connectivity index (χ0v) is 30.2. The normalized spacial score (nSPS) is 11.7. The van der Waals surface area contributed by atoms with Gasteiger partial charge in [0.2, 0.25) is 0 Å². The van der Waals surface area contributed by atoms with Gasteiger partial charge in [-0.15, -0.1) is 0 Å². The van der Waals surface area contributed by atoms with Crippen LogP contribution in [0.3, 0.4) is 0 Å². The van der Waals surface area contributed by atoms with Gasteiger partial charge in [0.15, 0.2) is 0 Å². The van der Waals surface area contributed by atoms with E-state index in [1.54, 1.807) is 0 Å². The maximum Gasteiger partial charge on any atom is 0.145 e. The van der Waals surface area contributed by atoms with E-state index in [0.717, 1.165) is 99.5 Å². The Morgan fingerprint density at radius 2 is 0.727 bits per heavy atom. The van der Waals surface area contributed by atoms with Crippen molar-refractivity contribution in [3.63, 3.8) is 0 Å². The minimum Gasteiger partial charge on any atom is -0.455 e. The van der Waals surface area contributed by atoms with Crippen molar-refractivity contribution in [3.05, 3.63) is 193 Å². The third-order valence-electron chi connectivity index (χ3n) is 10.6.